The van der Waals surface area contributed by atoms with Gasteiger partial charge < -0.3 is 5.32 Å². The standard InChI is InChI=1S/C7H12N2O/c1-3-4-5-9-6-7(10)8-2/h9H,5-6H2,1-2H3,(H,8,10). The highest BCUT2D eigenvalue weighted by atomic mass is 16.1. The van der Waals surface area contributed by atoms with Crippen molar-refractivity contribution in [2.24, 2.45) is 0 Å². The molecule has 10 heavy (non-hydrogen) atoms. The minimum atomic E-state index is -0.0158. The highest BCUT2D eigenvalue weighted by molar-refractivity contribution is 5.77. The summed E-state index contributed by atoms with van der Waals surface area (Å²) in [5, 5.41) is 5.34. The predicted molar refractivity (Wildman–Crippen MR) is 40.4 cm³/mol. The Labute approximate surface area is 61.2 Å². The van der Waals surface area contributed by atoms with Gasteiger partial charge in [0.05, 0.1) is 13.1 Å². The zero-order valence-electron chi connectivity index (χ0n) is 6.32. The summed E-state index contributed by atoms with van der Waals surface area (Å²) in [7, 11) is 1.61. The van der Waals surface area contributed by atoms with Crippen molar-refractivity contribution in [1.29, 1.82) is 0 Å². The normalized spacial score (nSPS) is 7.80. The second-order valence-corrected chi connectivity index (χ2v) is 1.70. The van der Waals surface area contributed by atoms with Crippen LogP contribution in [0.25, 0.3) is 0 Å². The molecule has 0 rings (SSSR count). The third-order valence-corrected chi connectivity index (χ3v) is 0.955. The molecule has 0 aromatic rings. The molecule has 0 heterocycles. The Morgan fingerprint density at radius 3 is 2.80 bits per heavy atom. The molecule has 0 aromatic carbocycles. The molecule has 3 nitrogen and oxygen atoms in total. The number of likely N-dealkylation sites (N-methyl/N-ethyl adjacent to an activating group) is 1. The van der Waals surface area contributed by atoms with Crippen molar-refractivity contribution in [3.63, 3.8) is 0 Å². The van der Waals surface area contributed by atoms with Crippen molar-refractivity contribution < 1.29 is 4.79 Å². The minimum Gasteiger partial charge on any atom is -0.358 e. The molecule has 0 aliphatic heterocycles. The van der Waals surface area contributed by atoms with E-state index in [0.29, 0.717) is 13.1 Å². The van der Waals surface area contributed by atoms with Crippen molar-refractivity contribution in [3.05, 3.63) is 0 Å². The topological polar surface area (TPSA) is 41.1 Å². The van der Waals surface area contributed by atoms with Gasteiger partial charge in [-0.15, -0.1) is 5.92 Å². The highest BCUT2D eigenvalue weighted by Gasteiger charge is 1.92. The molecular formula is C7H12N2O. The Morgan fingerprint density at radius 1 is 1.60 bits per heavy atom. The summed E-state index contributed by atoms with van der Waals surface area (Å²) in [6.45, 7) is 2.68. The van der Waals surface area contributed by atoms with Crippen molar-refractivity contribution in [2.45, 2.75) is 6.92 Å². The summed E-state index contributed by atoms with van der Waals surface area (Å²) >= 11 is 0. The largest absolute Gasteiger partial charge is 0.358 e. The zero-order valence-corrected chi connectivity index (χ0v) is 6.32. The molecule has 0 bridgehead atoms. The molecule has 0 aromatic heterocycles. The maximum absolute atomic E-state index is 10.6. The molecule has 2 N–H and O–H groups in total. The van der Waals surface area contributed by atoms with Crippen molar-refractivity contribution >= 4 is 5.91 Å². The van der Waals surface area contributed by atoms with Gasteiger partial charge in [0, 0.05) is 7.05 Å². The quantitative estimate of drug-likeness (QED) is 0.404. The molecule has 0 unspecified atom stereocenters. The van der Waals surface area contributed by atoms with Crippen LogP contribution >= 0.6 is 0 Å². The lowest BCUT2D eigenvalue weighted by atomic mass is 10.5. The molecule has 0 spiro atoms. The van der Waals surface area contributed by atoms with Gasteiger partial charge in [0.2, 0.25) is 5.91 Å². The molecular weight excluding hydrogens is 128 g/mol. The fourth-order valence-electron chi connectivity index (χ4n) is 0.415. The Bertz CT molecular complexity index is 155. The molecule has 3 heteroatoms. The number of hydrogen-bond acceptors (Lipinski definition) is 2. The van der Waals surface area contributed by atoms with Gasteiger partial charge in [-0.25, -0.2) is 0 Å². The number of carbonyl (C=O) groups is 1. The monoisotopic (exact) mass is 140 g/mol. The van der Waals surface area contributed by atoms with Crippen LogP contribution in [0.3, 0.4) is 0 Å². The molecule has 1 amide bonds. The number of carbonyl (C=O) groups excluding carboxylic acids is 1. The highest BCUT2D eigenvalue weighted by Crippen LogP contribution is 1.59. The van der Waals surface area contributed by atoms with Crippen LogP contribution in [0.15, 0.2) is 0 Å². The van der Waals surface area contributed by atoms with E-state index >= 15 is 0 Å². The molecule has 0 fully saturated rings. The SMILES string of the molecule is CC#CCNCC(=O)NC. The predicted octanol–water partition coefficient (Wildman–Crippen LogP) is -0.655. The smallest absolute Gasteiger partial charge is 0.233 e. The summed E-state index contributed by atoms with van der Waals surface area (Å²) < 4.78 is 0. The molecule has 0 saturated heterocycles. The fraction of sp³-hybridized carbons (Fsp3) is 0.571. The summed E-state index contributed by atoms with van der Waals surface area (Å²) in [6.07, 6.45) is 0. The molecule has 0 aliphatic rings. The first-order chi connectivity index (χ1) is 4.81. The first kappa shape index (κ1) is 8.99. The Hall–Kier alpha value is -1.01. The van der Waals surface area contributed by atoms with Gasteiger partial charge in [-0.05, 0) is 6.92 Å². The lowest BCUT2D eigenvalue weighted by Crippen LogP contribution is -2.31. The van der Waals surface area contributed by atoms with E-state index < -0.39 is 0 Å². The van der Waals surface area contributed by atoms with Crippen LogP contribution in [-0.4, -0.2) is 26.0 Å². The van der Waals surface area contributed by atoms with Crippen molar-refractivity contribution in [1.82, 2.24) is 10.6 Å². The first-order valence-electron chi connectivity index (χ1n) is 3.12. The summed E-state index contributed by atoms with van der Waals surface area (Å²) in [5.41, 5.74) is 0. The van der Waals surface area contributed by atoms with Crippen LogP contribution < -0.4 is 10.6 Å². The maximum atomic E-state index is 10.6. The lowest BCUT2D eigenvalue weighted by molar-refractivity contribution is -0.119. The average molecular weight is 140 g/mol. The minimum absolute atomic E-state index is 0.0158. The van der Waals surface area contributed by atoms with Gasteiger partial charge >= 0.3 is 0 Å². The van der Waals surface area contributed by atoms with E-state index in [2.05, 4.69) is 22.5 Å². The van der Waals surface area contributed by atoms with E-state index in [9.17, 15) is 4.79 Å². The molecule has 0 atom stereocenters. The Balaban J connectivity index is 3.17. The van der Waals surface area contributed by atoms with Gasteiger partial charge in [-0.3, -0.25) is 10.1 Å². The second-order valence-electron chi connectivity index (χ2n) is 1.70. The summed E-state index contributed by atoms with van der Waals surface area (Å²) in [5.74, 6) is 5.49. The molecule has 0 saturated carbocycles. The van der Waals surface area contributed by atoms with E-state index in [0.717, 1.165) is 0 Å². The summed E-state index contributed by atoms with van der Waals surface area (Å²) in [4.78, 5) is 10.6. The average Bonchev–Trinajstić information content (AvgIpc) is 1.98. The van der Waals surface area contributed by atoms with Gasteiger partial charge in [-0.2, -0.15) is 0 Å². The summed E-state index contributed by atoms with van der Waals surface area (Å²) in [6, 6.07) is 0. The molecule has 0 radical (unpaired) electrons. The fourth-order valence-corrected chi connectivity index (χ4v) is 0.415. The van der Waals surface area contributed by atoms with Crippen molar-refractivity contribution in [2.75, 3.05) is 20.1 Å². The zero-order chi connectivity index (χ0) is 7.82. The first-order valence-corrected chi connectivity index (χ1v) is 3.12. The Morgan fingerprint density at radius 2 is 2.30 bits per heavy atom. The van der Waals surface area contributed by atoms with Gasteiger partial charge in [0.25, 0.3) is 0 Å². The van der Waals surface area contributed by atoms with Gasteiger partial charge in [-0.1, -0.05) is 5.92 Å². The third-order valence-electron chi connectivity index (χ3n) is 0.955. The van der Waals surface area contributed by atoms with Crippen LogP contribution in [0, 0.1) is 11.8 Å². The van der Waals surface area contributed by atoms with Crippen LogP contribution in [-0.2, 0) is 4.79 Å². The van der Waals surface area contributed by atoms with E-state index in [1.807, 2.05) is 0 Å². The third kappa shape index (κ3) is 5.13. The van der Waals surface area contributed by atoms with Crippen LogP contribution in [0.5, 0.6) is 0 Å². The van der Waals surface area contributed by atoms with E-state index in [-0.39, 0.29) is 5.91 Å². The molecule has 56 valence electrons. The Kier molecular flexibility index (Phi) is 5.50. The maximum Gasteiger partial charge on any atom is 0.233 e. The number of amides is 1. The van der Waals surface area contributed by atoms with E-state index in [1.54, 1.807) is 14.0 Å². The van der Waals surface area contributed by atoms with Gasteiger partial charge in [0.15, 0.2) is 0 Å². The number of rotatable bonds is 3. The van der Waals surface area contributed by atoms with Crippen LogP contribution in [0.4, 0.5) is 0 Å². The number of nitrogens with one attached hydrogen (secondary N) is 2. The van der Waals surface area contributed by atoms with Crippen molar-refractivity contribution in [3.8, 4) is 11.8 Å². The van der Waals surface area contributed by atoms with Crippen LogP contribution in [0.2, 0.25) is 0 Å². The van der Waals surface area contributed by atoms with E-state index in [4.69, 9.17) is 0 Å². The second kappa shape index (κ2) is 6.12. The van der Waals surface area contributed by atoms with E-state index in [1.165, 1.54) is 0 Å². The van der Waals surface area contributed by atoms with Gasteiger partial charge in [0.1, 0.15) is 0 Å². The molecule has 0 aliphatic carbocycles. The number of hydrogen-bond donors (Lipinski definition) is 2. The van der Waals surface area contributed by atoms with Crippen LogP contribution in [0.1, 0.15) is 6.92 Å². The lowest BCUT2D eigenvalue weighted by Gasteiger charge is -1.97.